The Hall–Kier alpha value is -6.90. The molecule has 0 aliphatic heterocycles. The van der Waals surface area contributed by atoms with Crippen LogP contribution in [0.4, 0.5) is 17.1 Å². The molecule has 0 fully saturated rings. The highest BCUT2D eigenvalue weighted by molar-refractivity contribution is 6.19. The Kier molecular flexibility index (Phi) is 7.18. The van der Waals surface area contributed by atoms with Crippen LogP contribution in [-0.4, -0.2) is 0 Å². The summed E-state index contributed by atoms with van der Waals surface area (Å²) in [5.74, 6) is 0. The van der Waals surface area contributed by atoms with Crippen molar-refractivity contribution in [3.63, 3.8) is 0 Å². The summed E-state index contributed by atoms with van der Waals surface area (Å²) in [6, 6.07) is 71.6. The van der Waals surface area contributed by atoms with E-state index < -0.39 is 0 Å². The van der Waals surface area contributed by atoms with E-state index in [0.717, 1.165) is 44.4 Å². The van der Waals surface area contributed by atoms with Gasteiger partial charge in [-0.3, -0.25) is 0 Å². The van der Waals surface area contributed by atoms with Crippen LogP contribution in [0.3, 0.4) is 0 Å². The van der Waals surface area contributed by atoms with Crippen molar-refractivity contribution in [1.82, 2.24) is 0 Å². The second kappa shape index (κ2) is 12.5. The molecule has 0 amide bonds. The van der Waals surface area contributed by atoms with Crippen LogP contribution in [0.15, 0.2) is 205 Å². The Morgan fingerprint density at radius 3 is 1.48 bits per heavy atom. The Morgan fingerprint density at radius 2 is 0.827 bits per heavy atom. The number of fused-ring (bicyclic) bond motifs is 6. The first-order valence-electron chi connectivity index (χ1n) is 17.8. The molecule has 10 rings (SSSR count). The zero-order valence-corrected chi connectivity index (χ0v) is 28.4. The highest BCUT2D eigenvalue weighted by atomic mass is 16.3. The van der Waals surface area contributed by atoms with Gasteiger partial charge in [-0.15, -0.1) is 0 Å². The minimum atomic E-state index is 0.861. The number of anilines is 3. The van der Waals surface area contributed by atoms with Gasteiger partial charge in [-0.2, -0.15) is 0 Å². The number of furan rings is 1. The van der Waals surface area contributed by atoms with Gasteiger partial charge in [-0.25, -0.2) is 0 Å². The predicted molar refractivity (Wildman–Crippen MR) is 220 cm³/mol. The third-order valence-corrected chi connectivity index (χ3v) is 10.2. The highest BCUT2D eigenvalue weighted by Gasteiger charge is 2.19. The quantitative estimate of drug-likeness (QED) is 0.176. The van der Waals surface area contributed by atoms with Crippen molar-refractivity contribution in [3.05, 3.63) is 200 Å². The molecule has 0 saturated heterocycles. The van der Waals surface area contributed by atoms with Crippen molar-refractivity contribution in [2.24, 2.45) is 0 Å². The Bertz CT molecular complexity index is 2790. The van der Waals surface area contributed by atoms with Crippen LogP contribution < -0.4 is 4.90 Å². The molecule has 0 N–H and O–H groups in total. The summed E-state index contributed by atoms with van der Waals surface area (Å²) >= 11 is 0. The minimum Gasteiger partial charge on any atom is -0.455 e. The topological polar surface area (TPSA) is 16.4 Å². The lowest BCUT2D eigenvalue weighted by Crippen LogP contribution is -2.09. The van der Waals surface area contributed by atoms with Crippen LogP contribution in [0.1, 0.15) is 0 Å². The van der Waals surface area contributed by atoms with Gasteiger partial charge in [0.2, 0.25) is 0 Å². The van der Waals surface area contributed by atoms with Crippen molar-refractivity contribution in [1.29, 1.82) is 0 Å². The molecular weight excluding hydrogens is 631 g/mol. The van der Waals surface area contributed by atoms with Gasteiger partial charge < -0.3 is 9.32 Å². The molecule has 2 nitrogen and oxygen atoms in total. The molecule has 0 bridgehead atoms. The van der Waals surface area contributed by atoms with Crippen molar-refractivity contribution < 1.29 is 4.42 Å². The average molecular weight is 664 g/mol. The summed E-state index contributed by atoms with van der Waals surface area (Å²) < 4.78 is 6.82. The fourth-order valence-corrected chi connectivity index (χ4v) is 7.64. The summed E-state index contributed by atoms with van der Waals surface area (Å²) in [4.78, 5) is 2.31. The maximum Gasteiger partial charge on any atom is 0.143 e. The molecule has 1 heterocycles. The first-order chi connectivity index (χ1) is 25.8. The molecule has 10 aromatic rings. The van der Waals surface area contributed by atoms with Gasteiger partial charge in [-0.05, 0) is 98.1 Å². The van der Waals surface area contributed by atoms with Crippen molar-refractivity contribution >= 4 is 60.5 Å². The first-order valence-corrected chi connectivity index (χ1v) is 17.8. The second-order valence-corrected chi connectivity index (χ2v) is 13.4. The van der Waals surface area contributed by atoms with E-state index in [9.17, 15) is 0 Å². The monoisotopic (exact) mass is 663 g/mol. The molecule has 0 aliphatic rings. The second-order valence-electron chi connectivity index (χ2n) is 13.4. The van der Waals surface area contributed by atoms with Crippen molar-refractivity contribution in [2.45, 2.75) is 0 Å². The Labute approximate surface area is 302 Å². The maximum absolute atomic E-state index is 6.82. The van der Waals surface area contributed by atoms with E-state index in [4.69, 9.17) is 4.42 Å². The molecule has 0 aliphatic carbocycles. The lowest BCUT2D eigenvalue weighted by atomic mass is 9.94. The van der Waals surface area contributed by atoms with Crippen LogP contribution in [0, 0.1) is 0 Å². The summed E-state index contributed by atoms with van der Waals surface area (Å²) in [5, 5.41) is 7.00. The molecule has 9 aromatic carbocycles. The van der Waals surface area contributed by atoms with E-state index in [0.29, 0.717) is 0 Å². The molecule has 0 atom stereocenters. The third kappa shape index (κ3) is 5.21. The zero-order valence-electron chi connectivity index (χ0n) is 28.4. The van der Waals surface area contributed by atoms with Gasteiger partial charge in [0.25, 0.3) is 0 Å². The highest BCUT2D eigenvalue weighted by Crippen LogP contribution is 2.43. The normalized spacial score (nSPS) is 11.5. The van der Waals surface area contributed by atoms with Crippen LogP contribution >= 0.6 is 0 Å². The van der Waals surface area contributed by atoms with E-state index in [1.807, 2.05) is 0 Å². The van der Waals surface area contributed by atoms with Gasteiger partial charge in [0, 0.05) is 39.3 Å². The number of hydrogen-bond acceptors (Lipinski definition) is 2. The number of rotatable bonds is 6. The maximum atomic E-state index is 6.82. The molecule has 52 heavy (non-hydrogen) atoms. The molecule has 0 radical (unpaired) electrons. The van der Waals surface area contributed by atoms with Crippen molar-refractivity contribution in [2.75, 3.05) is 4.90 Å². The summed E-state index contributed by atoms with van der Waals surface area (Å²) in [6.45, 7) is 0. The van der Waals surface area contributed by atoms with Crippen LogP contribution in [0.2, 0.25) is 0 Å². The van der Waals surface area contributed by atoms with E-state index in [1.165, 1.54) is 49.5 Å². The molecule has 0 spiro atoms. The molecule has 2 heteroatoms. The minimum absolute atomic E-state index is 0.861. The first kappa shape index (κ1) is 30.0. The molecule has 1 aromatic heterocycles. The standard InChI is InChI=1S/C50H33NO/c1-3-11-34(12-4-1)37-21-25-41(26-22-37)51(42-27-23-38(24-28-42)35-13-5-2-6-14-35)43-29-30-45-48-33-47(40-20-19-36-15-7-8-16-39(36)31-40)44-17-9-10-18-46(44)50(48)52-49(45)32-43/h1-33H. The summed E-state index contributed by atoms with van der Waals surface area (Å²) in [6.07, 6.45) is 0. The molecule has 244 valence electrons. The van der Waals surface area contributed by atoms with Gasteiger partial charge in [0.15, 0.2) is 0 Å². The van der Waals surface area contributed by atoms with Crippen molar-refractivity contribution in [3.8, 4) is 33.4 Å². The number of hydrogen-bond donors (Lipinski definition) is 0. The Morgan fingerprint density at radius 1 is 0.308 bits per heavy atom. The lowest BCUT2D eigenvalue weighted by Gasteiger charge is -2.26. The van der Waals surface area contributed by atoms with Gasteiger partial charge in [-0.1, -0.05) is 146 Å². The predicted octanol–water partition coefficient (Wildman–Crippen LogP) is 14.4. The summed E-state index contributed by atoms with van der Waals surface area (Å²) in [5.41, 5.74) is 12.1. The van der Waals surface area contributed by atoms with Crippen LogP contribution in [0.25, 0.3) is 76.9 Å². The fraction of sp³-hybridized carbons (Fsp3) is 0. The molecule has 0 unspecified atom stereocenters. The fourth-order valence-electron chi connectivity index (χ4n) is 7.64. The molecule has 0 saturated carbocycles. The average Bonchev–Trinajstić information content (AvgIpc) is 3.60. The van der Waals surface area contributed by atoms with E-state index >= 15 is 0 Å². The van der Waals surface area contributed by atoms with Crippen LogP contribution in [-0.2, 0) is 0 Å². The van der Waals surface area contributed by atoms with E-state index in [2.05, 4.69) is 205 Å². The van der Waals surface area contributed by atoms with E-state index in [1.54, 1.807) is 0 Å². The largest absolute Gasteiger partial charge is 0.455 e. The van der Waals surface area contributed by atoms with Gasteiger partial charge in [0.05, 0.1) is 0 Å². The van der Waals surface area contributed by atoms with Crippen LogP contribution in [0.5, 0.6) is 0 Å². The zero-order chi connectivity index (χ0) is 34.4. The number of nitrogens with zero attached hydrogens (tertiary/aromatic N) is 1. The summed E-state index contributed by atoms with van der Waals surface area (Å²) in [7, 11) is 0. The Balaban J connectivity index is 1.12. The SMILES string of the molecule is c1ccc(-c2ccc(N(c3ccc(-c4ccccc4)cc3)c3ccc4c(c3)oc3c5ccccc5c(-c5ccc6ccccc6c5)cc43)cc2)cc1. The van der Waals surface area contributed by atoms with E-state index in [-0.39, 0.29) is 0 Å². The van der Waals surface area contributed by atoms with Gasteiger partial charge in [0.1, 0.15) is 11.2 Å². The third-order valence-electron chi connectivity index (χ3n) is 10.2. The smallest absolute Gasteiger partial charge is 0.143 e. The lowest BCUT2D eigenvalue weighted by molar-refractivity contribution is 0.673. The number of benzene rings is 9. The molecular formula is C50H33NO. The van der Waals surface area contributed by atoms with Gasteiger partial charge >= 0.3 is 0 Å².